The molecule has 1 fully saturated rings. The van der Waals surface area contributed by atoms with Crippen molar-refractivity contribution in [3.05, 3.63) is 30.5 Å². The lowest BCUT2D eigenvalue weighted by atomic mass is 10.1. The van der Waals surface area contributed by atoms with Crippen molar-refractivity contribution in [1.82, 2.24) is 19.9 Å². The molecular formula is C22H25N7O3. The Morgan fingerprint density at radius 1 is 1.22 bits per heavy atom. The Bertz CT molecular complexity index is 1290. The van der Waals surface area contributed by atoms with Crippen LogP contribution < -0.4 is 30.2 Å². The van der Waals surface area contributed by atoms with Gasteiger partial charge in [0.25, 0.3) is 5.88 Å². The average Bonchev–Trinajstić information content (AvgIpc) is 3.41. The zero-order chi connectivity index (χ0) is 22.2. The number of ether oxygens (including phenoxy) is 3. The van der Waals surface area contributed by atoms with E-state index in [1.807, 2.05) is 19.2 Å². The molecule has 1 aliphatic rings. The Labute approximate surface area is 184 Å². The number of fused-ring (bicyclic) bond motifs is 3. The second-order valence-corrected chi connectivity index (χ2v) is 7.64. The normalized spacial score (nSPS) is 16.0. The van der Waals surface area contributed by atoms with Gasteiger partial charge in [-0.25, -0.2) is 4.98 Å². The summed E-state index contributed by atoms with van der Waals surface area (Å²) in [6.45, 7) is 1.55. The predicted octanol–water partition coefficient (Wildman–Crippen LogP) is 2.89. The minimum Gasteiger partial charge on any atom is -0.491 e. The van der Waals surface area contributed by atoms with Crippen LogP contribution in [0.4, 0.5) is 11.5 Å². The highest BCUT2D eigenvalue weighted by Gasteiger charge is 2.26. The van der Waals surface area contributed by atoms with Crippen molar-refractivity contribution < 1.29 is 14.2 Å². The van der Waals surface area contributed by atoms with Gasteiger partial charge in [0, 0.05) is 37.6 Å². The molecule has 10 nitrogen and oxygen atoms in total. The van der Waals surface area contributed by atoms with Crippen molar-refractivity contribution in [2.75, 3.05) is 44.6 Å². The smallest absolute Gasteiger partial charge is 0.326 e. The number of anilines is 2. The zero-order valence-electron chi connectivity index (χ0n) is 18.2. The molecule has 1 aliphatic heterocycles. The first-order valence-electron chi connectivity index (χ1n) is 10.4. The minimum absolute atomic E-state index is 0.109. The molecule has 3 aromatic heterocycles. The molecule has 0 bridgehead atoms. The van der Waals surface area contributed by atoms with Gasteiger partial charge >= 0.3 is 6.01 Å². The molecule has 1 aromatic carbocycles. The van der Waals surface area contributed by atoms with E-state index in [0.29, 0.717) is 23.0 Å². The van der Waals surface area contributed by atoms with E-state index in [1.165, 1.54) is 7.11 Å². The molecule has 4 heterocycles. The number of para-hydroxylation sites is 1. The van der Waals surface area contributed by atoms with E-state index in [-0.39, 0.29) is 12.1 Å². The van der Waals surface area contributed by atoms with E-state index in [2.05, 4.69) is 31.2 Å². The number of aromatic amines is 1. The van der Waals surface area contributed by atoms with E-state index < -0.39 is 0 Å². The van der Waals surface area contributed by atoms with Gasteiger partial charge in [0.15, 0.2) is 11.5 Å². The van der Waals surface area contributed by atoms with Gasteiger partial charge in [0.05, 0.1) is 37.0 Å². The summed E-state index contributed by atoms with van der Waals surface area (Å²) in [5.74, 6) is 2.07. The van der Waals surface area contributed by atoms with Crippen molar-refractivity contribution >= 4 is 33.4 Å². The van der Waals surface area contributed by atoms with Crippen LogP contribution in [0.15, 0.2) is 30.5 Å². The largest absolute Gasteiger partial charge is 0.491 e. The Balaban J connectivity index is 1.65. The molecule has 166 valence electrons. The first-order valence-corrected chi connectivity index (χ1v) is 10.4. The highest BCUT2D eigenvalue weighted by molar-refractivity contribution is 6.14. The molecule has 1 atom stereocenters. The quantitative estimate of drug-likeness (QED) is 0.419. The van der Waals surface area contributed by atoms with Gasteiger partial charge in [-0.2, -0.15) is 9.97 Å². The molecule has 5 rings (SSSR count). The number of pyridine rings is 1. The summed E-state index contributed by atoms with van der Waals surface area (Å²) >= 11 is 0. The highest BCUT2D eigenvalue weighted by atomic mass is 16.5. The van der Waals surface area contributed by atoms with Crippen LogP contribution in [-0.2, 0) is 0 Å². The van der Waals surface area contributed by atoms with E-state index in [0.717, 1.165) is 47.3 Å². The number of hydrogen-bond donors (Lipinski definition) is 3. The van der Waals surface area contributed by atoms with E-state index in [1.54, 1.807) is 19.4 Å². The number of hydrogen-bond acceptors (Lipinski definition) is 9. The lowest BCUT2D eigenvalue weighted by Gasteiger charge is -2.18. The van der Waals surface area contributed by atoms with Gasteiger partial charge in [-0.15, -0.1) is 0 Å². The number of rotatable bonds is 6. The summed E-state index contributed by atoms with van der Waals surface area (Å²) in [4.78, 5) is 19.3. The molecular weight excluding hydrogens is 410 g/mol. The maximum Gasteiger partial charge on any atom is 0.326 e. The number of nitrogens with zero attached hydrogens (tertiary/aromatic N) is 4. The number of nitrogens with two attached hydrogens (primary N) is 1. The Kier molecular flexibility index (Phi) is 5.06. The summed E-state index contributed by atoms with van der Waals surface area (Å²) in [7, 11) is 4.97. The number of benzene rings is 1. The molecule has 0 amide bonds. The topological polar surface area (TPSA) is 123 Å². The van der Waals surface area contributed by atoms with Gasteiger partial charge in [0.1, 0.15) is 11.5 Å². The highest BCUT2D eigenvalue weighted by Crippen LogP contribution is 2.38. The molecule has 0 unspecified atom stereocenters. The molecule has 32 heavy (non-hydrogen) atoms. The van der Waals surface area contributed by atoms with Gasteiger partial charge in [-0.1, -0.05) is 12.1 Å². The summed E-state index contributed by atoms with van der Waals surface area (Å²) in [5, 5.41) is 5.22. The van der Waals surface area contributed by atoms with Crippen molar-refractivity contribution in [2.45, 2.75) is 12.5 Å². The fourth-order valence-electron chi connectivity index (χ4n) is 4.12. The van der Waals surface area contributed by atoms with Crippen LogP contribution in [0.3, 0.4) is 0 Å². The molecule has 0 aliphatic carbocycles. The van der Waals surface area contributed by atoms with Crippen LogP contribution >= 0.6 is 0 Å². The van der Waals surface area contributed by atoms with Gasteiger partial charge < -0.3 is 35.1 Å². The van der Waals surface area contributed by atoms with Crippen LogP contribution in [0.25, 0.3) is 21.9 Å². The standard InChI is InChI=1S/C22H25N7O3/c1-24-15-6-4-5-14-17-19(26-18(14)15)27-22(28-20(17)29-8-7-12(23)11-29)32-13-9-16(30-2)21(31-3)25-10-13/h4-6,9-10,12,24H,7-8,11,23H2,1-3H3,(H,26,27,28)/t12-/m1/s1. The predicted molar refractivity (Wildman–Crippen MR) is 123 cm³/mol. The SMILES string of the molecule is CNc1cccc2c1[nH]c1nc(Oc3cnc(OC)c(OC)c3)nc(N3CC[C@@H](N)C3)c12. The fourth-order valence-corrected chi connectivity index (χ4v) is 4.12. The van der Waals surface area contributed by atoms with Crippen LogP contribution in [0.5, 0.6) is 23.4 Å². The monoisotopic (exact) mass is 435 g/mol. The van der Waals surface area contributed by atoms with Crippen LogP contribution in [0.1, 0.15) is 6.42 Å². The van der Waals surface area contributed by atoms with Crippen molar-refractivity contribution in [2.24, 2.45) is 5.73 Å². The molecule has 0 saturated carbocycles. The number of H-pyrrole nitrogens is 1. The summed E-state index contributed by atoms with van der Waals surface area (Å²) in [5.41, 5.74) is 8.83. The number of nitrogens with one attached hydrogen (secondary N) is 2. The van der Waals surface area contributed by atoms with E-state index >= 15 is 0 Å². The number of aromatic nitrogens is 4. The molecule has 10 heteroatoms. The van der Waals surface area contributed by atoms with Crippen molar-refractivity contribution in [3.8, 4) is 23.4 Å². The minimum atomic E-state index is 0.109. The van der Waals surface area contributed by atoms with Crippen molar-refractivity contribution in [3.63, 3.8) is 0 Å². The third-order valence-electron chi connectivity index (χ3n) is 5.66. The van der Waals surface area contributed by atoms with Gasteiger partial charge in [-0.3, -0.25) is 0 Å². The first-order chi connectivity index (χ1) is 15.6. The molecule has 0 spiro atoms. The number of methoxy groups -OCH3 is 2. The summed E-state index contributed by atoms with van der Waals surface area (Å²) in [6, 6.07) is 8.10. The lowest BCUT2D eigenvalue weighted by Crippen LogP contribution is -2.27. The Morgan fingerprint density at radius 3 is 2.81 bits per heavy atom. The van der Waals surface area contributed by atoms with Gasteiger partial charge in [-0.05, 0) is 12.5 Å². The Morgan fingerprint density at radius 2 is 2.09 bits per heavy atom. The zero-order valence-corrected chi connectivity index (χ0v) is 18.2. The average molecular weight is 435 g/mol. The van der Waals surface area contributed by atoms with Crippen LogP contribution in [0, 0.1) is 0 Å². The summed E-state index contributed by atoms with van der Waals surface area (Å²) in [6.07, 6.45) is 2.45. The second-order valence-electron chi connectivity index (χ2n) is 7.64. The van der Waals surface area contributed by atoms with Crippen LogP contribution in [-0.4, -0.2) is 60.3 Å². The second kappa shape index (κ2) is 8.04. The summed E-state index contributed by atoms with van der Waals surface area (Å²) < 4.78 is 16.5. The first kappa shape index (κ1) is 20.1. The van der Waals surface area contributed by atoms with E-state index in [4.69, 9.17) is 24.9 Å². The molecule has 0 radical (unpaired) electrons. The molecule has 4 aromatic rings. The molecule has 4 N–H and O–H groups in total. The van der Waals surface area contributed by atoms with Crippen LogP contribution in [0.2, 0.25) is 0 Å². The third kappa shape index (κ3) is 3.38. The maximum absolute atomic E-state index is 6.19. The Hall–Kier alpha value is -3.79. The fraction of sp³-hybridized carbons (Fsp3) is 0.318. The van der Waals surface area contributed by atoms with Gasteiger partial charge in [0.2, 0.25) is 0 Å². The lowest BCUT2D eigenvalue weighted by molar-refractivity contribution is 0.338. The van der Waals surface area contributed by atoms with Crippen molar-refractivity contribution in [1.29, 1.82) is 0 Å². The third-order valence-corrected chi connectivity index (χ3v) is 5.66. The maximum atomic E-state index is 6.19. The molecule has 1 saturated heterocycles. The van der Waals surface area contributed by atoms with E-state index in [9.17, 15) is 0 Å².